The first-order chi connectivity index (χ1) is 16.8. The largest absolute Gasteiger partial charge is 0.481 e. The highest BCUT2D eigenvalue weighted by atomic mass is 32.2. The lowest BCUT2D eigenvalue weighted by Crippen LogP contribution is -2.25. The zero-order valence-electron chi connectivity index (χ0n) is 19.6. The number of amides is 1. The fraction of sp³-hybridized carbons (Fsp3) is 0.333. The van der Waals surface area contributed by atoms with Crippen LogP contribution >= 0.6 is 0 Å². The molecule has 15 heteroatoms. The smallest absolute Gasteiger partial charge is 0.435 e. The van der Waals surface area contributed by atoms with Crippen LogP contribution in [-0.2, 0) is 27.5 Å². The number of hydrogen-bond donors (Lipinski definition) is 2. The van der Waals surface area contributed by atoms with Gasteiger partial charge in [0.2, 0.25) is 11.8 Å². The van der Waals surface area contributed by atoms with Crippen molar-refractivity contribution in [3.63, 3.8) is 0 Å². The third kappa shape index (κ3) is 6.41. The number of ether oxygens (including phenoxy) is 2. The first kappa shape index (κ1) is 26.7. The minimum atomic E-state index is -4.58. The van der Waals surface area contributed by atoms with E-state index in [0.29, 0.717) is 5.69 Å². The fourth-order valence-corrected chi connectivity index (χ4v) is 4.00. The van der Waals surface area contributed by atoms with Gasteiger partial charge in [0, 0.05) is 17.4 Å². The summed E-state index contributed by atoms with van der Waals surface area (Å²) in [5.41, 5.74) is -0.468. The van der Waals surface area contributed by atoms with Crippen LogP contribution in [0.5, 0.6) is 11.9 Å². The Labute approximate surface area is 204 Å². The molecular weight excluding hydrogens is 505 g/mol. The Balaban J connectivity index is 1.67. The number of aryl methyl sites for hydroxylation is 1. The number of alkyl halides is 3. The van der Waals surface area contributed by atoms with Gasteiger partial charge >= 0.3 is 12.2 Å². The molecule has 0 saturated heterocycles. The molecule has 2 aromatic heterocycles. The number of methoxy groups -OCH3 is 2. The molecule has 0 aliphatic heterocycles. The van der Waals surface area contributed by atoms with Crippen LogP contribution in [0.3, 0.4) is 0 Å². The van der Waals surface area contributed by atoms with Crippen LogP contribution in [0.25, 0.3) is 0 Å². The Bertz CT molecular complexity index is 1320. The number of nitrogens with one attached hydrogen (secondary N) is 2. The van der Waals surface area contributed by atoms with Crippen LogP contribution in [0.2, 0.25) is 0 Å². The van der Waals surface area contributed by atoms with Crippen molar-refractivity contribution in [3.8, 4) is 11.9 Å². The van der Waals surface area contributed by atoms with E-state index in [0.717, 1.165) is 10.7 Å². The molecule has 3 rings (SSSR count). The second-order valence-electron chi connectivity index (χ2n) is 7.65. The van der Waals surface area contributed by atoms with Crippen molar-refractivity contribution in [2.75, 3.05) is 24.3 Å². The maximum atomic E-state index is 12.9. The average Bonchev–Trinajstić information content (AvgIpc) is 3.19. The molecule has 0 aliphatic carbocycles. The Morgan fingerprint density at radius 2 is 1.78 bits per heavy atom. The van der Waals surface area contributed by atoms with Crippen LogP contribution in [0.15, 0.2) is 41.3 Å². The first-order valence-electron chi connectivity index (χ1n) is 10.3. The Kier molecular flexibility index (Phi) is 7.71. The molecule has 194 valence electrons. The highest BCUT2D eigenvalue weighted by Gasteiger charge is 2.34. The molecule has 0 radical (unpaired) electrons. The van der Waals surface area contributed by atoms with Gasteiger partial charge in [0.15, 0.2) is 11.5 Å². The van der Waals surface area contributed by atoms with Gasteiger partial charge in [0.1, 0.15) is 0 Å². The fourth-order valence-electron chi connectivity index (χ4n) is 3.01. The van der Waals surface area contributed by atoms with Crippen molar-refractivity contribution < 1.29 is 35.9 Å². The average molecular weight is 529 g/mol. The molecule has 36 heavy (non-hydrogen) atoms. The Morgan fingerprint density at radius 1 is 1.11 bits per heavy atom. The number of aromatic nitrogens is 4. The Morgan fingerprint density at radius 3 is 2.33 bits per heavy atom. The second-order valence-corrected chi connectivity index (χ2v) is 9.34. The molecule has 0 fully saturated rings. The lowest BCUT2D eigenvalue weighted by atomic mass is 10.1. The molecule has 0 saturated carbocycles. The van der Waals surface area contributed by atoms with Gasteiger partial charge < -0.3 is 14.8 Å². The maximum absolute atomic E-state index is 12.9. The molecule has 0 bridgehead atoms. The zero-order valence-corrected chi connectivity index (χ0v) is 20.4. The van der Waals surface area contributed by atoms with Gasteiger partial charge in [-0.05, 0) is 37.3 Å². The van der Waals surface area contributed by atoms with Crippen LogP contribution in [0, 0.1) is 12.8 Å². The molecule has 1 aromatic carbocycles. The highest BCUT2D eigenvalue weighted by molar-refractivity contribution is 7.92. The lowest BCUT2D eigenvalue weighted by molar-refractivity contribution is -0.141. The molecule has 1 atom stereocenters. The van der Waals surface area contributed by atoms with Crippen molar-refractivity contribution in [2.24, 2.45) is 5.92 Å². The van der Waals surface area contributed by atoms with Gasteiger partial charge in [-0.25, -0.2) is 8.42 Å². The van der Waals surface area contributed by atoms with E-state index in [1.807, 2.05) is 0 Å². The summed E-state index contributed by atoms with van der Waals surface area (Å²) in [6.07, 6.45) is -4.58. The zero-order chi connectivity index (χ0) is 26.7. The summed E-state index contributed by atoms with van der Waals surface area (Å²) in [6.45, 7) is 2.93. The topological polar surface area (TPSA) is 137 Å². The lowest BCUT2D eigenvalue weighted by Gasteiger charge is -2.14. The van der Waals surface area contributed by atoms with Gasteiger partial charge in [0.25, 0.3) is 10.0 Å². The van der Waals surface area contributed by atoms with E-state index >= 15 is 0 Å². The number of rotatable bonds is 9. The number of halogens is 3. The molecular formula is C21H23F3N6O5S. The summed E-state index contributed by atoms with van der Waals surface area (Å²) in [4.78, 5) is 20.2. The molecule has 0 spiro atoms. The predicted octanol–water partition coefficient (Wildman–Crippen LogP) is 3.09. The van der Waals surface area contributed by atoms with Crippen molar-refractivity contribution in [1.82, 2.24) is 19.7 Å². The summed E-state index contributed by atoms with van der Waals surface area (Å²) >= 11 is 0. The van der Waals surface area contributed by atoms with E-state index in [1.165, 1.54) is 58.4 Å². The van der Waals surface area contributed by atoms with Crippen molar-refractivity contribution >= 4 is 27.4 Å². The molecule has 0 aliphatic rings. The van der Waals surface area contributed by atoms with Crippen molar-refractivity contribution in [1.29, 1.82) is 0 Å². The number of anilines is 2. The normalized spacial score (nSPS) is 12.6. The minimum absolute atomic E-state index is 0.0734. The van der Waals surface area contributed by atoms with E-state index in [-0.39, 0.29) is 34.8 Å². The number of carbonyl (C=O) groups is 1. The van der Waals surface area contributed by atoms with E-state index in [2.05, 4.69) is 25.1 Å². The minimum Gasteiger partial charge on any atom is -0.481 e. The third-order valence-electron chi connectivity index (χ3n) is 4.91. The summed E-state index contributed by atoms with van der Waals surface area (Å²) in [5.74, 6) is -1.19. The summed E-state index contributed by atoms with van der Waals surface area (Å²) in [5, 5.41) is 6.12. The number of sulfonamides is 1. The standard InChI is InChI=1S/C21H23F3N6O5S/c1-12(11-30-13(2)9-16(28-30)21(22,23)24)19(31)25-14-5-7-15(8-6-14)36(32,33)29-17-10-18(34-3)27-20(26-17)35-4/h5-10,12H,11H2,1-4H3,(H,25,31)(H,26,27,29). The molecule has 2 heterocycles. The van der Waals surface area contributed by atoms with Gasteiger partial charge in [-0.2, -0.15) is 28.2 Å². The van der Waals surface area contributed by atoms with Gasteiger partial charge in [-0.3, -0.25) is 14.2 Å². The Hall–Kier alpha value is -3.88. The SMILES string of the molecule is COc1cc(NS(=O)(=O)c2ccc(NC(=O)C(C)Cn3nc(C(F)(F)F)cc3C)cc2)nc(OC)n1. The third-order valence-corrected chi connectivity index (χ3v) is 6.28. The quantitative estimate of drug-likeness (QED) is 0.432. The van der Waals surface area contributed by atoms with E-state index in [1.54, 1.807) is 0 Å². The maximum Gasteiger partial charge on any atom is 0.435 e. The molecule has 11 nitrogen and oxygen atoms in total. The number of nitrogens with zero attached hydrogens (tertiary/aromatic N) is 4. The summed E-state index contributed by atoms with van der Waals surface area (Å²) in [6, 6.07) is 7.37. The number of carbonyl (C=O) groups excluding carboxylic acids is 1. The van der Waals surface area contributed by atoms with Crippen LogP contribution in [-0.4, -0.2) is 48.3 Å². The molecule has 1 unspecified atom stereocenters. The van der Waals surface area contributed by atoms with Gasteiger partial charge in [-0.1, -0.05) is 6.92 Å². The number of benzene rings is 1. The first-order valence-corrected chi connectivity index (χ1v) is 11.8. The highest BCUT2D eigenvalue weighted by Crippen LogP contribution is 2.28. The van der Waals surface area contributed by atoms with Crippen LogP contribution < -0.4 is 19.5 Å². The van der Waals surface area contributed by atoms with E-state index in [9.17, 15) is 26.4 Å². The molecule has 1 amide bonds. The van der Waals surface area contributed by atoms with E-state index < -0.39 is 33.7 Å². The second kappa shape index (κ2) is 10.4. The van der Waals surface area contributed by atoms with Crippen LogP contribution in [0.4, 0.5) is 24.7 Å². The monoisotopic (exact) mass is 528 g/mol. The molecule has 2 N–H and O–H groups in total. The van der Waals surface area contributed by atoms with E-state index in [4.69, 9.17) is 9.47 Å². The van der Waals surface area contributed by atoms with Gasteiger partial charge in [0.05, 0.1) is 31.6 Å². The number of hydrogen-bond acceptors (Lipinski definition) is 8. The van der Waals surface area contributed by atoms with Crippen molar-refractivity contribution in [3.05, 3.63) is 47.8 Å². The van der Waals surface area contributed by atoms with Gasteiger partial charge in [-0.15, -0.1) is 0 Å². The summed E-state index contributed by atoms with van der Waals surface area (Å²) in [7, 11) is -1.38. The summed E-state index contributed by atoms with van der Waals surface area (Å²) < 4.78 is 77.3. The van der Waals surface area contributed by atoms with Crippen LogP contribution in [0.1, 0.15) is 18.3 Å². The predicted molar refractivity (Wildman–Crippen MR) is 122 cm³/mol. The van der Waals surface area contributed by atoms with Crippen molar-refractivity contribution in [2.45, 2.75) is 31.5 Å². The molecule has 3 aromatic rings.